The van der Waals surface area contributed by atoms with E-state index in [2.05, 4.69) is 256 Å². The second-order valence-electron chi connectivity index (χ2n) is 18.1. The highest BCUT2D eigenvalue weighted by Gasteiger charge is 2.26. The molecule has 0 saturated heterocycles. The maximum Gasteiger partial charge on any atom is 0.0546 e. The molecule has 0 bridgehead atoms. The van der Waals surface area contributed by atoms with Gasteiger partial charge in [-0.05, 0) is 177 Å². The Bertz CT molecular complexity index is 3500. The van der Waals surface area contributed by atoms with Gasteiger partial charge in [0, 0.05) is 44.3 Å². The largest absolute Gasteiger partial charge is 0.310 e. The molecule has 314 valence electrons. The Morgan fingerprint density at radius 3 is 0.939 bits per heavy atom. The number of rotatable bonds is 8. The number of hydrogen-bond acceptors (Lipinski definition) is 2. The normalized spacial score (nSPS) is 11.6. The van der Waals surface area contributed by atoms with Gasteiger partial charge in [-0.3, -0.25) is 0 Å². The van der Waals surface area contributed by atoms with E-state index in [0.717, 1.165) is 34.1 Å². The predicted molar refractivity (Wildman–Crippen MR) is 284 cm³/mol. The van der Waals surface area contributed by atoms with Crippen LogP contribution in [0.4, 0.5) is 34.1 Å². The smallest absolute Gasteiger partial charge is 0.0546 e. The van der Waals surface area contributed by atoms with E-state index in [9.17, 15) is 0 Å². The summed E-state index contributed by atoms with van der Waals surface area (Å²) in [6.07, 6.45) is 0. The number of nitrogens with zero attached hydrogens (tertiary/aromatic N) is 2. The molecular formula is C64H48N2. The van der Waals surface area contributed by atoms with Crippen LogP contribution in [0.15, 0.2) is 218 Å². The topological polar surface area (TPSA) is 6.48 Å². The third kappa shape index (κ3) is 6.73. The Labute approximate surface area is 386 Å². The molecule has 0 atom stereocenters. The first-order chi connectivity index (χ1) is 32.3. The van der Waals surface area contributed by atoms with E-state index in [-0.39, 0.29) is 0 Å². The van der Waals surface area contributed by atoms with Crippen LogP contribution < -0.4 is 9.80 Å². The highest BCUT2D eigenvalue weighted by molar-refractivity contribution is 6.32. The summed E-state index contributed by atoms with van der Waals surface area (Å²) < 4.78 is 0. The zero-order chi connectivity index (χ0) is 44.5. The quantitative estimate of drug-likeness (QED) is 0.141. The summed E-state index contributed by atoms with van der Waals surface area (Å²) >= 11 is 0. The molecule has 0 aliphatic carbocycles. The summed E-state index contributed by atoms with van der Waals surface area (Å²) in [4.78, 5) is 4.96. The van der Waals surface area contributed by atoms with Gasteiger partial charge in [0.2, 0.25) is 0 Å². The molecule has 2 nitrogen and oxygen atoms in total. The Kier molecular flexibility index (Phi) is 9.43. The first kappa shape index (κ1) is 39.4. The molecule has 0 N–H and O–H groups in total. The van der Waals surface area contributed by atoms with Crippen molar-refractivity contribution in [2.24, 2.45) is 0 Å². The highest BCUT2D eigenvalue weighted by atomic mass is 15.1. The van der Waals surface area contributed by atoms with Crippen molar-refractivity contribution >= 4 is 88.0 Å². The number of aryl methyl sites for hydroxylation is 4. The molecule has 0 radical (unpaired) electrons. The highest BCUT2D eigenvalue weighted by Crippen LogP contribution is 2.52. The lowest BCUT2D eigenvalue weighted by molar-refractivity contribution is 1.27. The van der Waals surface area contributed by atoms with Crippen LogP contribution in [-0.2, 0) is 0 Å². The standard InChI is InChI=1S/C64H48N2/c1-41-13-9-21-51(33-41)65(52-22-10-14-42(2)34-52)61-39-59(49-27-25-45-17-5-7-19-47(45)37-49)55-30-32-58-62(66(53-23-11-15-43(3)35-53)54-24-12-16-44(4)36-54)40-60(56-29-31-57(61)63(55)64(56)58)50-28-26-46-18-6-8-20-48(46)38-50/h5-40H,1-4H3. The van der Waals surface area contributed by atoms with E-state index in [4.69, 9.17) is 0 Å². The van der Waals surface area contributed by atoms with Crippen LogP contribution in [-0.4, -0.2) is 0 Å². The van der Waals surface area contributed by atoms with Crippen LogP contribution in [0.1, 0.15) is 22.3 Å². The molecular weight excluding hydrogens is 797 g/mol. The molecule has 0 spiro atoms. The summed E-state index contributed by atoms with van der Waals surface area (Å²) in [5.74, 6) is 0. The van der Waals surface area contributed by atoms with Gasteiger partial charge in [0.05, 0.1) is 11.4 Å². The summed E-state index contributed by atoms with van der Waals surface area (Å²) in [6.45, 7) is 8.75. The summed E-state index contributed by atoms with van der Waals surface area (Å²) in [6, 6.07) is 81.5. The van der Waals surface area contributed by atoms with Crippen LogP contribution >= 0.6 is 0 Å². The fourth-order valence-corrected chi connectivity index (χ4v) is 10.4. The van der Waals surface area contributed by atoms with Gasteiger partial charge in [0.1, 0.15) is 0 Å². The molecule has 0 aromatic heterocycles. The Balaban J connectivity index is 1.26. The van der Waals surface area contributed by atoms with Crippen molar-refractivity contribution < 1.29 is 0 Å². The van der Waals surface area contributed by atoms with Gasteiger partial charge >= 0.3 is 0 Å². The zero-order valence-corrected chi connectivity index (χ0v) is 37.7. The zero-order valence-electron chi connectivity index (χ0n) is 37.7. The Morgan fingerprint density at radius 2 is 0.591 bits per heavy atom. The predicted octanol–water partition coefficient (Wildman–Crippen LogP) is 18.4. The summed E-state index contributed by atoms with van der Waals surface area (Å²) in [5, 5.41) is 12.3. The van der Waals surface area contributed by atoms with Gasteiger partial charge in [-0.25, -0.2) is 0 Å². The van der Waals surface area contributed by atoms with Gasteiger partial charge in [-0.2, -0.15) is 0 Å². The molecule has 0 aliphatic rings. The third-order valence-electron chi connectivity index (χ3n) is 13.5. The van der Waals surface area contributed by atoms with Gasteiger partial charge in [-0.1, -0.05) is 146 Å². The molecule has 0 heterocycles. The molecule has 12 aromatic rings. The van der Waals surface area contributed by atoms with Gasteiger partial charge < -0.3 is 9.80 Å². The van der Waals surface area contributed by atoms with Crippen molar-refractivity contribution in [1.29, 1.82) is 0 Å². The molecule has 0 unspecified atom stereocenters. The molecule has 0 amide bonds. The van der Waals surface area contributed by atoms with Gasteiger partial charge in [-0.15, -0.1) is 0 Å². The van der Waals surface area contributed by atoms with E-state index >= 15 is 0 Å². The lowest BCUT2D eigenvalue weighted by Crippen LogP contribution is -2.12. The lowest BCUT2D eigenvalue weighted by atomic mass is 9.84. The molecule has 2 heteroatoms. The average Bonchev–Trinajstić information content (AvgIpc) is 3.33. The van der Waals surface area contributed by atoms with Crippen LogP contribution in [0, 0.1) is 27.7 Å². The van der Waals surface area contributed by atoms with Crippen molar-refractivity contribution in [2.45, 2.75) is 27.7 Å². The number of anilines is 6. The van der Waals surface area contributed by atoms with Crippen molar-refractivity contribution in [1.82, 2.24) is 0 Å². The number of fused-ring (bicyclic) bond motifs is 2. The molecule has 0 saturated carbocycles. The third-order valence-corrected chi connectivity index (χ3v) is 13.5. The van der Waals surface area contributed by atoms with Gasteiger partial charge in [0.15, 0.2) is 0 Å². The van der Waals surface area contributed by atoms with E-state index in [1.54, 1.807) is 0 Å². The fourth-order valence-electron chi connectivity index (χ4n) is 10.4. The fraction of sp³-hybridized carbons (Fsp3) is 0.0625. The minimum Gasteiger partial charge on any atom is -0.310 e. The van der Waals surface area contributed by atoms with Crippen molar-refractivity contribution in [3.05, 3.63) is 241 Å². The number of benzene rings is 12. The SMILES string of the molecule is Cc1cccc(N(c2cccc(C)c2)c2cc(-c3ccc4ccccc4c3)c3ccc4c(N(c5cccc(C)c5)c5cccc(C)c5)cc(-c5ccc6ccccc6c5)c5ccc2c3c54)c1. The molecule has 66 heavy (non-hydrogen) atoms. The van der Waals surface area contributed by atoms with Crippen molar-refractivity contribution in [3.8, 4) is 22.3 Å². The minimum atomic E-state index is 1.13. The second kappa shape index (κ2) is 15.8. The Hall–Kier alpha value is -8.20. The monoisotopic (exact) mass is 844 g/mol. The minimum absolute atomic E-state index is 1.13. The first-order valence-electron chi connectivity index (χ1n) is 23.0. The van der Waals surface area contributed by atoms with Gasteiger partial charge in [0.25, 0.3) is 0 Å². The van der Waals surface area contributed by atoms with E-state index in [1.165, 1.54) is 98.4 Å². The summed E-state index contributed by atoms with van der Waals surface area (Å²) in [5.41, 5.74) is 16.5. The molecule has 12 rings (SSSR count). The lowest BCUT2D eigenvalue weighted by Gasteiger charge is -2.31. The number of hydrogen-bond donors (Lipinski definition) is 0. The summed E-state index contributed by atoms with van der Waals surface area (Å²) in [7, 11) is 0. The van der Waals surface area contributed by atoms with Crippen molar-refractivity contribution in [3.63, 3.8) is 0 Å². The van der Waals surface area contributed by atoms with Crippen LogP contribution in [0.25, 0.3) is 76.1 Å². The van der Waals surface area contributed by atoms with Crippen molar-refractivity contribution in [2.75, 3.05) is 9.80 Å². The van der Waals surface area contributed by atoms with E-state index in [1.807, 2.05) is 0 Å². The van der Waals surface area contributed by atoms with Crippen LogP contribution in [0.5, 0.6) is 0 Å². The van der Waals surface area contributed by atoms with E-state index in [0.29, 0.717) is 0 Å². The van der Waals surface area contributed by atoms with Crippen LogP contribution in [0.3, 0.4) is 0 Å². The Morgan fingerprint density at radius 1 is 0.258 bits per heavy atom. The molecule has 12 aromatic carbocycles. The molecule has 0 aliphatic heterocycles. The molecule has 0 fully saturated rings. The van der Waals surface area contributed by atoms with E-state index < -0.39 is 0 Å². The maximum atomic E-state index is 2.48. The first-order valence-corrected chi connectivity index (χ1v) is 23.0. The maximum absolute atomic E-state index is 2.48. The average molecular weight is 845 g/mol. The van der Waals surface area contributed by atoms with Crippen LogP contribution in [0.2, 0.25) is 0 Å². The second-order valence-corrected chi connectivity index (χ2v) is 18.1.